The molecule has 24 heavy (non-hydrogen) atoms. The van der Waals surface area contributed by atoms with E-state index in [9.17, 15) is 19.5 Å². The highest BCUT2D eigenvalue weighted by Crippen LogP contribution is 2.23. The molecule has 3 rings (SSSR count). The molecule has 8 heteroatoms. The highest BCUT2D eigenvalue weighted by Gasteiger charge is 2.19. The molecule has 0 saturated heterocycles. The molecule has 0 saturated carbocycles. The van der Waals surface area contributed by atoms with Crippen LogP contribution in [0.5, 0.6) is 5.75 Å². The smallest absolute Gasteiger partial charge is 0.337 e. The van der Waals surface area contributed by atoms with Crippen molar-refractivity contribution in [3.8, 4) is 5.75 Å². The van der Waals surface area contributed by atoms with Gasteiger partial charge in [-0.1, -0.05) is 0 Å². The van der Waals surface area contributed by atoms with Crippen molar-refractivity contribution in [2.24, 2.45) is 0 Å². The zero-order chi connectivity index (χ0) is 17.4. The van der Waals surface area contributed by atoms with E-state index in [1.54, 1.807) is 6.07 Å². The Labute approximate surface area is 133 Å². The zero-order valence-electron chi connectivity index (χ0n) is 12.4. The number of nitrogens with zero attached hydrogens (tertiary/aromatic N) is 1. The minimum absolute atomic E-state index is 0.0395. The number of methoxy groups -OCH3 is 1. The number of pyridine rings is 1. The van der Waals surface area contributed by atoms with E-state index in [1.165, 1.54) is 19.2 Å². The van der Waals surface area contributed by atoms with Crippen LogP contribution in [0.1, 0.15) is 16.1 Å². The summed E-state index contributed by atoms with van der Waals surface area (Å²) in [4.78, 5) is 38.8. The molecular formula is C16H11NO7. The normalized spacial score (nSPS) is 10.9. The SMILES string of the molecule is COc1ccc2oc3nc(CC(=O)O)c(C(=O)O)cc3c(=O)c2c1. The summed E-state index contributed by atoms with van der Waals surface area (Å²) in [5.41, 5.74) is -0.871. The van der Waals surface area contributed by atoms with Crippen LogP contribution < -0.4 is 10.2 Å². The zero-order valence-corrected chi connectivity index (χ0v) is 12.4. The first-order valence-corrected chi connectivity index (χ1v) is 6.80. The largest absolute Gasteiger partial charge is 0.497 e. The molecule has 8 nitrogen and oxygen atoms in total. The lowest BCUT2D eigenvalue weighted by molar-refractivity contribution is -0.136. The van der Waals surface area contributed by atoms with E-state index in [0.717, 1.165) is 6.07 Å². The number of aromatic carboxylic acids is 1. The van der Waals surface area contributed by atoms with Gasteiger partial charge in [0.25, 0.3) is 0 Å². The lowest BCUT2D eigenvalue weighted by atomic mass is 10.1. The molecule has 2 heterocycles. The van der Waals surface area contributed by atoms with Gasteiger partial charge < -0.3 is 19.4 Å². The Balaban J connectivity index is 2.38. The first-order chi connectivity index (χ1) is 11.4. The molecule has 0 amide bonds. The number of rotatable bonds is 4. The fourth-order valence-electron chi connectivity index (χ4n) is 2.39. The number of carboxylic acid groups (broad SMARTS) is 2. The first kappa shape index (κ1) is 15.5. The Bertz CT molecular complexity index is 1050. The molecule has 1 aromatic carbocycles. The second kappa shape index (κ2) is 5.65. The van der Waals surface area contributed by atoms with E-state index in [4.69, 9.17) is 14.3 Å². The summed E-state index contributed by atoms with van der Waals surface area (Å²) < 4.78 is 10.6. The number of hydrogen-bond acceptors (Lipinski definition) is 6. The van der Waals surface area contributed by atoms with Crippen molar-refractivity contribution in [2.45, 2.75) is 6.42 Å². The monoisotopic (exact) mass is 329 g/mol. The van der Waals surface area contributed by atoms with Gasteiger partial charge in [-0.05, 0) is 24.3 Å². The Hall–Kier alpha value is -3.42. The molecule has 2 aromatic heterocycles. The second-order valence-corrected chi connectivity index (χ2v) is 5.00. The van der Waals surface area contributed by atoms with Gasteiger partial charge in [0.15, 0.2) is 0 Å². The summed E-state index contributed by atoms with van der Waals surface area (Å²) in [7, 11) is 1.45. The maximum atomic E-state index is 12.6. The third-order valence-electron chi connectivity index (χ3n) is 3.50. The van der Waals surface area contributed by atoms with Crippen LogP contribution in [0.25, 0.3) is 22.1 Å². The maximum absolute atomic E-state index is 12.6. The van der Waals surface area contributed by atoms with Crippen molar-refractivity contribution in [1.82, 2.24) is 4.98 Å². The van der Waals surface area contributed by atoms with Gasteiger partial charge in [-0.2, -0.15) is 0 Å². The van der Waals surface area contributed by atoms with Crippen LogP contribution in [0.3, 0.4) is 0 Å². The van der Waals surface area contributed by atoms with Crippen LogP contribution in [0, 0.1) is 0 Å². The van der Waals surface area contributed by atoms with E-state index >= 15 is 0 Å². The van der Waals surface area contributed by atoms with Gasteiger partial charge >= 0.3 is 11.9 Å². The number of ether oxygens (including phenoxy) is 1. The van der Waals surface area contributed by atoms with Crippen LogP contribution >= 0.6 is 0 Å². The number of benzene rings is 1. The van der Waals surface area contributed by atoms with Crippen molar-refractivity contribution >= 4 is 34.0 Å². The van der Waals surface area contributed by atoms with E-state index in [-0.39, 0.29) is 33.3 Å². The molecule has 0 spiro atoms. The average Bonchev–Trinajstić information content (AvgIpc) is 2.53. The van der Waals surface area contributed by atoms with Crippen molar-refractivity contribution in [3.05, 3.63) is 45.7 Å². The molecule has 0 unspecified atom stereocenters. The number of aromatic nitrogens is 1. The highest BCUT2D eigenvalue weighted by molar-refractivity contribution is 5.96. The van der Waals surface area contributed by atoms with Crippen LogP contribution in [0.15, 0.2) is 33.5 Å². The van der Waals surface area contributed by atoms with Crippen LogP contribution in [0.2, 0.25) is 0 Å². The molecule has 0 aliphatic heterocycles. The third kappa shape index (κ3) is 2.54. The Morgan fingerprint density at radius 2 is 1.96 bits per heavy atom. The average molecular weight is 329 g/mol. The minimum Gasteiger partial charge on any atom is -0.497 e. The van der Waals surface area contributed by atoms with E-state index in [0.29, 0.717) is 5.75 Å². The topological polar surface area (TPSA) is 127 Å². The number of hydrogen-bond donors (Lipinski definition) is 2. The Morgan fingerprint density at radius 3 is 2.58 bits per heavy atom. The Morgan fingerprint density at radius 1 is 1.21 bits per heavy atom. The van der Waals surface area contributed by atoms with E-state index in [2.05, 4.69) is 4.98 Å². The molecular weight excluding hydrogens is 318 g/mol. The fourth-order valence-corrected chi connectivity index (χ4v) is 2.39. The summed E-state index contributed by atoms with van der Waals surface area (Å²) >= 11 is 0. The van der Waals surface area contributed by atoms with Gasteiger partial charge in [0, 0.05) is 0 Å². The molecule has 0 aliphatic rings. The predicted octanol–water partition coefficient (Wildman–Crippen LogP) is 1.68. The first-order valence-electron chi connectivity index (χ1n) is 6.80. The van der Waals surface area contributed by atoms with Crippen molar-refractivity contribution < 1.29 is 29.0 Å². The molecule has 3 aromatic rings. The molecule has 0 radical (unpaired) electrons. The van der Waals surface area contributed by atoms with Crippen molar-refractivity contribution in [3.63, 3.8) is 0 Å². The molecule has 0 bridgehead atoms. The molecule has 122 valence electrons. The number of carboxylic acids is 2. The maximum Gasteiger partial charge on any atom is 0.337 e. The second-order valence-electron chi connectivity index (χ2n) is 5.00. The summed E-state index contributed by atoms with van der Waals surface area (Å²) in [6, 6.07) is 5.69. The molecule has 2 N–H and O–H groups in total. The number of aliphatic carboxylic acids is 1. The quantitative estimate of drug-likeness (QED) is 0.692. The highest BCUT2D eigenvalue weighted by atomic mass is 16.5. The van der Waals surface area contributed by atoms with Gasteiger partial charge in [0.1, 0.15) is 11.3 Å². The summed E-state index contributed by atoms with van der Waals surface area (Å²) in [6.07, 6.45) is -0.595. The van der Waals surface area contributed by atoms with Gasteiger partial charge in [-0.25, -0.2) is 9.78 Å². The van der Waals surface area contributed by atoms with Gasteiger partial charge in [0.2, 0.25) is 11.1 Å². The van der Waals surface area contributed by atoms with Gasteiger partial charge in [-0.3, -0.25) is 9.59 Å². The van der Waals surface area contributed by atoms with E-state index in [1.807, 2.05) is 0 Å². The van der Waals surface area contributed by atoms with Gasteiger partial charge in [-0.15, -0.1) is 0 Å². The van der Waals surface area contributed by atoms with Crippen LogP contribution in [-0.4, -0.2) is 34.2 Å². The standard InChI is InChI=1S/C16H11NO7/c1-23-7-2-3-12-9(4-7)14(20)10-5-8(16(21)22)11(6-13(18)19)17-15(10)24-12/h2-5H,6H2,1H3,(H,18,19)(H,21,22). The number of carbonyl (C=O) groups is 2. The third-order valence-corrected chi connectivity index (χ3v) is 3.50. The van der Waals surface area contributed by atoms with Gasteiger partial charge in [0.05, 0.1) is 35.6 Å². The predicted molar refractivity (Wildman–Crippen MR) is 82.6 cm³/mol. The molecule has 0 atom stereocenters. The fraction of sp³-hybridized carbons (Fsp3) is 0.125. The number of fused-ring (bicyclic) bond motifs is 2. The van der Waals surface area contributed by atoms with Crippen LogP contribution in [-0.2, 0) is 11.2 Å². The summed E-state index contributed by atoms with van der Waals surface area (Å²) in [6.45, 7) is 0. The lowest BCUT2D eigenvalue weighted by Gasteiger charge is -2.07. The minimum atomic E-state index is -1.37. The summed E-state index contributed by atoms with van der Waals surface area (Å²) in [5.74, 6) is -2.16. The van der Waals surface area contributed by atoms with E-state index < -0.39 is 23.8 Å². The van der Waals surface area contributed by atoms with Crippen molar-refractivity contribution in [1.29, 1.82) is 0 Å². The molecule has 0 aliphatic carbocycles. The van der Waals surface area contributed by atoms with Crippen molar-refractivity contribution in [2.75, 3.05) is 7.11 Å². The lowest BCUT2D eigenvalue weighted by Crippen LogP contribution is -2.13. The summed E-state index contributed by atoms with van der Waals surface area (Å²) in [5, 5.41) is 18.3. The molecule has 0 fully saturated rings. The Kier molecular flexibility index (Phi) is 3.64. The van der Waals surface area contributed by atoms with Crippen LogP contribution in [0.4, 0.5) is 0 Å².